The monoisotopic (exact) mass is 341 g/mol. The summed E-state index contributed by atoms with van der Waals surface area (Å²) < 4.78 is 27.0. The molecular weight excluding hydrogens is 328 g/mol. The predicted molar refractivity (Wildman–Crippen MR) is 91.3 cm³/mol. The Bertz CT molecular complexity index is 868. The van der Waals surface area contributed by atoms with Crippen molar-refractivity contribution in [1.29, 1.82) is 0 Å². The Morgan fingerprint density at radius 2 is 1.54 bits per heavy atom. The molecule has 2 nitrogen and oxygen atoms in total. The Morgan fingerprint density at radius 1 is 0.833 bits per heavy atom. The quantitative estimate of drug-likeness (QED) is 0.691. The fourth-order valence-corrected chi connectivity index (χ4v) is 3.07. The summed E-state index contributed by atoms with van der Waals surface area (Å²) in [6.07, 6.45) is 0. The summed E-state index contributed by atoms with van der Waals surface area (Å²) in [5, 5.41) is 2.65. The molecule has 0 atom stereocenters. The number of anilines is 1. The lowest BCUT2D eigenvalue weighted by molar-refractivity contribution is 0.102. The maximum absolute atomic E-state index is 13.8. The fourth-order valence-electron chi connectivity index (χ4n) is 2.14. The van der Waals surface area contributed by atoms with Gasteiger partial charge in [0, 0.05) is 9.79 Å². The van der Waals surface area contributed by atoms with Crippen molar-refractivity contribution in [2.75, 3.05) is 5.32 Å². The number of hydrogen-bond donors (Lipinski definition) is 1. The maximum atomic E-state index is 13.8. The molecule has 0 aromatic heterocycles. The molecule has 0 saturated heterocycles. The van der Waals surface area contributed by atoms with Crippen LogP contribution in [-0.4, -0.2) is 5.91 Å². The molecule has 24 heavy (non-hydrogen) atoms. The van der Waals surface area contributed by atoms with Crippen LogP contribution < -0.4 is 5.32 Å². The Kier molecular flexibility index (Phi) is 4.91. The molecule has 120 valence electrons. The first-order valence-corrected chi connectivity index (χ1v) is 8.04. The summed E-state index contributed by atoms with van der Waals surface area (Å²) >= 11 is 1.48. The third-order valence-corrected chi connectivity index (χ3v) is 4.39. The minimum Gasteiger partial charge on any atom is -0.321 e. The van der Waals surface area contributed by atoms with E-state index in [0.717, 1.165) is 15.9 Å². The van der Waals surface area contributed by atoms with Crippen molar-refractivity contribution >= 4 is 23.4 Å². The third kappa shape index (κ3) is 3.63. The van der Waals surface area contributed by atoms with Crippen LogP contribution in [0.3, 0.4) is 0 Å². The van der Waals surface area contributed by atoms with Crippen LogP contribution in [0, 0.1) is 11.6 Å². The van der Waals surface area contributed by atoms with Crippen LogP contribution in [0.1, 0.15) is 10.4 Å². The van der Waals surface area contributed by atoms with Crippen LogP contribution in [0.25, 0.3) is 0 Å². The third-order valence-electron chi connectivity index (χ3n) is 3.30. The second kappa shape index (κ2) is 7.27. The lowest BCUT2D eigenvalue weighted by Crippen LogP contribution is -2.15. The normalized spacial score (nSPS) is 10.4. The molecule has 3 rings (SSSR count). The molecule has 0 saturated carbocycles. The average molecular weight is 341 g/mol. The minimum atomic E-state index is -1.15. The van der Waals surface area contributed by atoms with Gasteiger partial charge in [0.2, 0.25) is 0 Å². The van der Waals surface area contributed by atoms with Gasteiger partial charge < -0.3 is 5.32 Å². The number of benzene rings is 3. The number of para-hydroxylation sites is 1. The maximum Gasteiger partial charge on any atom is 0.258 e. The predicted octanol–water partition coefficient (Wildman–Crippen LogP) is 5.37. The van der Waals surface area contributed by atoms with Gasteiger partial charge >= 0.3 is 0 Å². The minimum absolute atomic E-state index is 0.325. The molecule has 3 aromatic rings. The van der Waals surface area contributed by atoms with E-state index in [2.05, 4.69) is 5.32 Å². The number of amides is 1. The van der Waals surface area contributed by atoms with Gasteiger partial charge in [-0.1, -0.05) is 48.2 Å². The first kappa shape index (κ1) is 16.2. The van der Waals surface area contributed by atoms with E-state index >= 15 is 0 Å². The van der Waals surface area contributed by atoms with E-state index in [1.54, 1.807) is 12.1 Å². The van der Waals surface area contributed by atoms with E-state index in [0.29, 0.717) is 5.69 Å². The zero-order valence-electron chi connectivity index (χ0n) is 12.5. The Labute approximate surface area is 142 Å². The van der Waals surface area contributed by atoms with Crippen molar-refractivity contribution in [3.05, 3.63) is 90.0 Å². The van der Waals surface area contributed by atoms with E-state index in [9.17, 15) is 13.6 Å². The fraction of sp³-hybridized carbons (Fsp3) is 0. The van der Waals surface area contributed by atoms with Crippen LogP contribution in [0.4, 0.5) is 14.5 Å². The van der Waals surface area contributed by atoms with E-state index in [4.69, 9.17) is 0 Å². The first-order chi connectivity index (χ1) is 11.6. The van der Waals surface area contributed by atoms with E-state index in [-0.39, 0.29) is 5.56 Å². The Balaban J connectivity index is 1.85. The largest absolute Gasteiger partial charge is 0.321 e. The summed E-state index contributed by atoms with van der Waals surface area (Å²) in [4.78, 5) is 14.1. The number of rotatable bonds is 4. The number of carbonyl (C=O) groups is 1. The molecule has 5 heteroatoms. The van der Waals surface area contributed by atoms with Gasteiger partial charge in [0.25, 0.3) is 5.91 Å². The zero-order valence-corrected chi connectivity index (χ0v) is 13.3. The first-order valence-electron chi connectivity index (χ1n) is 7.22. The second-order valence-electron chi connectivity index (χ2n) is 4.97. The average Bonchev–Trinajstić information content (AvgIpc) is 2.60. The summed E-state index contributed by atoms with van der Waals surface area (Å²) in [5.41, 5.74) is 0.217. The van der Waals surface area contributed by atoms with E-state index in [1.165, 1.54) is 23.9 Å². The van der Waals surface area contributed by atoms with Crippen molar-refractivity contribution < 1.29 is 13.6 Å². The Morgan fingerprint density at radius 3 is 2.33 bits per heavy atom. The van der Waals surface area contributed by atoms with Gasteiger partial charge in [-0.25, -0.2) is 8.78 Å². The molecule has 0 spiro atoms. The molecule has 0 aliphatic carbocycles. The molecule has 3 aromatic carbocycles. The standard InChI is InChI=1S/C19H13F2NOS/c20-15-10-6-9-14(18(15)21)19(23)22-16-11-4-5-12-17(16)24-13-7-2-1-3-8-13/h1-12H,(H,22,23). The molecule has 0 heterocycles. The lowest BCUT2D eigenvalue weighted by atomic mass is 10.2. The van der Waals surface area contributed by atoms with Crippen molar-refractivity contribution in [1.82, 2.24) is 0 Å². The summed E-state index contributed by atoms with van der Waals surface area (Å²) in [6, 6.07) is 20.4. The summed E-state index contributed by atoms with van der Waals surface area (Å²) in [5.74, 6) is -2.88. The van der Waals surface area contributed by atoms with E-state index in [1.807, 2.05) is 42.5 Å². The van der Waals surface area contributed by atoms with Gasteiger partial charge in [0.05, 0.1) is 11.3 Å². The molecule has 0 aliphatic rings. The highest BCUT2D eigenvalue weighted by Gasteiger charge is 2.16. The summed E-state index contributed by atoms with van der Waals surface area (Å²) in [6.45, 7) is 0. The Hall–Kier alpha value is -2.66. The van der Waals surface area contributed by atoms with Crippen LogP contribution in [0.2, 0.25) is 0 Å². The van der Waals surface area contributed by atoms with Crippen LogP contribution in [0.15, 0.2) is 82.6 Å². The summed E-state index contributed by atoms with van der Waals surface area (Å²) in [7, 11) is 0. The molecule has 0 unspecified atom stereocenters. The molecule has 0 aliphatic heterocycles. The van der Waals surface area contributed by atoms with Gasteiger partial charge in [-0.3, -0.25) is 4.79 Å². The van der Waals surface area contributed by atoms with Crippen LogP contribution in [-0.2, 0) is 0 Å². The number of nitrogens with one attached hydrogen (secondary N) is 1. The van der Waals surface area contributed by atoms with Gasteiger partial charge in [-0.05, 0) is 36.4 Å². The molecule has 0 bridgehead atoms. The van der Waals surface area contributed by atoms with Crippen molar-refractivity contribution in [2.24, 2.45) is 0 Å². The zero-order chi connectivity index (χ0) is 16.9. The van der Waals surface area contributed by atoms with Crippen molar-refractivity contribution in [2.45, 2.75) is 9.79 Å². The van der Waals surface area contributed by atoms with Crippen molar-refractivity contribution in [3.8, 4) is 0 Å². The highest BCUT2D eigenvalue weighted by Crippen LogP contribution is 2.33. The van der Waals surface area contributed by atoms with Gasteiger partial charge in [0.1, 0.15) is 0 Å². The molecule has 1 N–H and O–H groups in total. The highest BCUT2D eigenvalue weighted by molar-refractivity contribution is 7.99. The molecular formula is C19H13F2NOS. The number of hydrogen-bond acceptors (Lipinski definition) is 2. The van der Waals surface area contributed by atoms with Gasteiger partial charge in [0.15, 0.2) is 11.6 Å². The van der Waals surface area contributed by atoms with Gasteiger partial charge in [-0.15, -0.1) is 0 Å². The molecule has 0 radical (unpaired) electrons. The topological polar surface area (TPSA) is 29.1 Å². The number of carbonyl (C=O) groups excluding carboxylic acids is 1. The van der Waals surface area contributed by atoms with Gasteiger partial charge in [-0.2, -0.15) is 0 Å². The highest BCUT2D eigenvalue weighted by atomic mass is 32.2. The van der Waals surface area contributed by atoms with Crippen LogP contribution >= 0.6 is 11.8 Å². The van der Waals surface area contributed by atoms with Crippen molar-refractivity contribution in [3.63, 3.8) is 0 Å². The SMILES string of the molecule is O=C(Nc1ccccc1Sc1ccccc1)c1cccc(F)c1F. The second-order valence-corrected chi connectivity index (χ2v) is 6.08. The smallest absolute Gasteiger partial charge is 0.258 e. The lowest BCUT2D eigenvalue weighted by Gasteiger charge is -2.11. The number of halogens is 2. The molecule has 1 amide bonds. The molecule has 0 fully saturated rings. The van der Waals surface area contributed by atoms with E-state index < -0.39 is 17.5 Å². The van der Waals surface area contributed by atoms with Crippen LogP contribution in [0.5, 0.6) is 0 Å².